The number of fused-ring (bicyclic) bond motifs is 1. The molecular formula is C17H20N2. The molecule has 0 radical (unpaired) electrons. The van der Waals surface area contributed by atoms with Gasteiger partial charge < -0.3 is 5.32 Å². The molecule has 1 aliphatic rings. The van der Waals surface area contributed by atoms with Crippen LogP contribution in [0.1, 0.15) is 35.6 Å². The van der Waals surface area contributed by atoms with Crippen LogP contribution in [0.4, 0.5) is 0 Å². The highest BCUT2D eigenvalue weighted by molar-refractivity contribution is 5.32. The van der Waals surface area contributed by atoms with Crippen LogP contribution in [0.2, 0.25) is 0 Å². The van der Waals surface area contributed by atoms with Gasteiger partial charge in [-0.25, -0.2) is 0 Å². The number of aromatic nitrogens is 1. The van der Waals surface area contributed by atoms with Gasteiger partial charge in [-0.15, -0.1) is 0 Å². The number of nitrogens with one attached hydrogen (secondary N) is 1. The summed E-state index contributed by atoms with van der Waals surface area (Å²) in [5.74, 6) is 0. The second-order valence-electron chi connectivity index (χ2n) is 5.21. The van der Waals surface area contributed by atoms with E-state index in [1.165, 1.54) is 36.0 Å². The molecule has 1 atom stereocenters. The number of nitrogens with zero attached hydrogens (tertiary/aromatic N) is 1. The highest BCUT2D eigenvalue weighted by atomic mass is 14.9. The van der Waals surface area contributed by atoms with Crippen molar-refractivity contribution in [1.29, 1.82) is 0 Å². The minimum absolute atomic E-state index is 0.529. The third-order valence-corrected chi connectivity index (χ3v) is 3.90. The van der Waals surface area contributed by atoms with E-state index >= 15 is 0 Å². The molecule has 0 saturated heterocycles. The molecule has 0 aliphatic heterocycles. The van der Waals surface area contributed by atoms with E-state index in [0.717, 1.165) is 13.0 Å². The second-order valence-corrected chi connectivity index (χ2v) is 5.21. The van der Waals surface area contributed by atoms with Gasteiger partial charge in [0.15, 0.2) is 0 Å². The van der Waals surface area contributed by atoms with Crippen LogP contribution in [0.25, 0.3) is 0 Å². The van der Waals surface area contributed by atoms with Crippen LogP contribution in [-0.4, -0.2) is 11.5 Å². The van der Waals surface area contributed by atoms with Gasteiger partial charge in [-0.05, 0) is 55.0 Å². The summed E-state index contributed by atoms with van der Waals surface area (Å²) in [6.45, 7) is 1.02. The minimum Gasteiger partial charge on any atom is -0.310 e. The van der Waals surface area contributed by atoms with E-state index in [1.54, 1.807) is 0 Å². The van der Waals surface area contributed by atoms with E-state index in [4.69, 9.17) is 0 Å². The molecular weight excluding hydrogens is 232 g/mol. The predicted molar refractivity (Wildman–Crippen MR) is 78.1 cm³/mol. The smallest absolute Gasteiger partial charge is 0.0323 e. The van der Waals surface area contributed by atoms with Crippen molar-refractivity contribution in [1.82, 2.24) is 10.3 Å². The lowest BCUT2D eigenvalue weighted by atomic mass is 9.88. The number of aryl methyl sites for hydroxylation is 1. The number of benzene rings is 1. The lowest BCUT2D eigenvalue weighted by molar-refractivity contribution is 0.463. The Balaban J connectivity index is 1.59. The molecule has 3 rings (SSSR count). The highest BCUT2D eigenvalue weighted by Crippen LogP contribution is 2.29. The Kier molecular flexibility index (Phi) is 3.89. The van der Waals surface area contributed by atoms with Gasteiger partial charge in [-0.3, -0.25) is 4.98 Å². The zero-order chi connectivity index (χ0) is 12.9. The van der Waals surface area contributed by atoms with Crippen LogP contribution >= 0.6 is 0 Å². The first-order valence-electron chi connectivity index (χ1n) is 7.13. The van der Waals surface area contributed by atoms with Crippen molar-refractivity contribution in [2.24, 2.45) is 0 Å². The Labute approximate surface area is 114 Å². The van der Waals surface area contributed by atoms with Gasteiger partial charge in [0.05, 0.1) is 0 Å². The summed E-state index contributed by atoms with van der Waals surface area (Å²) in [4.78, 5) is 4.16. The fraction of sp³-hybridized carbons (Fsp3) is 0.353. The van der Waals surface area contributed by atoms with Crippen molar-refractivity contribution in [2.45, 2.75) is 31.7 Å². The van der Waals surface area contributed by atoms with Gasteiger partial charge in [0.1, 0.15) is 0 Å². The molecule has 98 valence electrons. The summed E-state index contributed by atoms with van der Waals surface area (Å²) >= 11 is 0. The lowest BCUT2D eigenvalue weighted by Crippen LogP contribution is -2.27. The maximum atomic E-state index is 4.16. The molecule has 0 amide bonds. The Morgan fingerprint density at radius 3 is 3.00 bits per heavy atom. The molecule has 1 aliphatic carbocycles. The van der Waals surface area contributed by atoms with E-state index in [-0.39, 0.29) is 0 Å². The molecule has 0 spiro atoms. The molecule has 1 N–H and O–H groups in total. The Morgan fingerprint density at radius 1 is 1.16 bits per heavy atom. The van der Waals surface area contributed by atoms with Gasteiger partial charge in [0.2, 0.25) is 0 Å². The molecule has 2 nitrogen and oxygen atoms in total. The normalized spacial score (nSPS) is 18.0. The van der Waals surface area contributed by atoms with Crippen molar-refractivity contribution in [3.8, 4) is 0 Å². The first kappa shape index (κ1) is 12.4. The second kappa shape index (κ2) is 5.98. The molecule has 1 aromatic heterocycles. The quantitative estimate of drug-likeness (QED) is 0.903. The Hall–Kier alpha value is -1.67. The van der Waals surface area contributed by atoms with E-state index in [1.807, 2.05) is 18.5 Å². The molecule has 19 heavy (non-hydrogen) atoms. The maximum absolute atomic E-state index is 4.16. The highest BCUT2D eigenvalue weighted by Gasteiger charge is 2.18. The summed E-state index contributed by atoms with van der Waals surface area (Å²) in [6.07, 6.45) is 8.61. The molecule has 2 heteroatoms. The van der Waals surface area contributed by atoms with Crippen LogP contribution in [0.3, 0.4) is 0 Å². The van der Waals surface area contributed by atoms with Gasteiger partial charge >= 0.3 is 0 Å². The molecule has 1 heterocycles. The van der Waals surface area contributed by atoms with Crippen LogP contribution in [-0.2, 0) is 12.8 Å². The predicted octanol–water partition coefficient (Wildman–Crippen LogP) is 3.29. The number of hydrogen-bond acceptors (Lipinski definition) is 2. The fourth-order valence-electron chi connectivity index (χ4n) is 2.90. The van der Waals surface area contributed by atoms with Gasteiger partial charge in [0.25, 0.3) is 0 Å². The van der Waals surface area contributed by atoms with Crippen molar-refractivity contribution in [2.75, 3.05) is 6.54 Å². The monoisotopic (exact) mass is 252 g/mol. The summed E-state index contributed by atoms with van der Waals surface area (Å²) in [5.41, 5.74) is 4.33. The van der Waals surface area contributed by atoms with E-state index in [0.29, 0.717) is 6.04 Å². The molecule has 0 bridgehead atoms. The zero-order valence-electron chi connectivity index (χ0n) is 11.2. The minimum atomic E-state index is 0.529. The Bertz CT molecular complexity index is 522. The molecule has 1 aromatic carbocycles. The first-order chi connectivity index (χ1) is 9.43. The molecule has 0 fully saturated rings. The van der Waals surface area contributed by atoms with Gasteiger partial charge in [-0.2, -0.15) is 0 Å². The molecule has 0 saturated carbocycles. The van der Waals surface area contributed by atoms with Crippen molar-refractivity contribution in [3.63, 3.8) is 0 Å². The third-order valence-electron chi connectivity index (χ3n) is 3.90. The number of hydrogen-bond donors (Lipinski definition) is 1. The summed E-state index contributed by atoms with van der Waals surface area (Å²) in [5, 5.41) is 3.70. The van der Waals surface area contributed by atoms with Crippen LogP contribution in [0, 0.1) is 0 Å². The average molecular weight is 252 g/mol. The summed E-state index contributed by atoms with van der Waals surface area (Å²) in [7, 11) is 0. The number of rotatable bonds is 4. The van der Waals surface area contributed by atoms with Gasteiger partial charge in [0, 0.05) is 18.4 Å². The molecule has 1 unspecified atom stereocenters. The topological polar surface area (TPSA) is 24.9 Å². The maximum Gasteiger partial charge on any atom is 0.0323 e. The van der Waals surface area contributed by atoms with Crippen molar-refractivity contribution in [3.05, 3.63) is 65.5 Å². The standard InChI is InChI=1S/C17H20N2/c1-2-8-16-15(6-1)7-3-9-17(16)19-12-10-14-5-4-11-18-13-14/h1-2,4-6,8,11,13,17,19H,3,7,9-10,12H2. The number of pyridine rings is 1. The van der Waals surface area contributed by atoms with E-state index < -0.39 is 0 Å². The van der Waals surface area contributed by atoms with Crippen LogP contribution < -0.4 is 5.32 Å². The van der Waals surface area contributed by atoms with E-state index in [9.17, 15) is 0 Å². The van der Waals surface area contributed by atoms with Gasteiger partial charge in [-0.1, -0.05) is 30.3 Å². The van der Waals surface area contributed by atoms with Crippen molar-refractivity contribution < 1.29 is 0 Å². The fourth-order valence-corrected chi connectivity index (χ4v) is 2.90. The first-order valence-corrected chi connectivity index (χ1v) is 7.13. The van der Waals surface area contributed by atoms with E-state index in [2.05, 4.69) is 40.6 Å². The molecule has 2 aromatic rings. The average Bonchev–Trinajstić information content (AvgIpc) is 2.49. The third kappa shape index (κ3) is 3.02. The summed E-state index contributed by atoms with van der Waals surface area (Å²) < 4.78 is 0. The Morgan fingerprint density at radius 2 is 2.11 bits per heavy atom. The van der Waals surface area contributed by atoms with Crippen LogP contribution in [0.15, 0.2) is 48.8 Å². The SMILES string of the molecule is c1cncc(CCNC2CCCc3ccccc32)c1. The van der Waals surface area contributed by atoms with Crippen LogP contribution in [0.5, 0.6) is 0 Å². The summed E-state index contributed by atoms with van der Waals surface area (Å²) in [6, 6.07) is 13.5. The zero-order valence-corrected chi connectivity index (χ0v) is 11.2. The lowest BCUT2D eigenvalue weighted by Gasteiger charge is -2.26. The van der Waals surface area contributed by atoms with Crippen molar-refractivity contribution >= 4 is 0 Å². The largest absolute Gasteiger partial charge is 0.310 e.